The third-order valence-corrected chi connectivity index (χ3v) is 3.23. The second-order valence-corrected chi connectivity index (χ2v) is 4.69. The number of anilines is 1. The van der Waals surface area contributed by atoms with Crippen molar-refractivity contribution in [2.75, 3.05) is 11.9 Å². The molecule has 2 amide bonds. The van der Waals surface area contributed by atoms with Gasteiger partial charge in [-0.3, -0.25) is 9.59 Å². The number of hydrogen-bond acceptors (Lipinski definition) is 4. The SMILES string of the molecule is CCc1ccccc1NC(=O)C(=O)NC(CO)c1ccco1. The molecule has 0 saturated carbocycles. The number of aliphatic hydroxyl groups is 1. The van der Waals surface area contributed by atoms with E-state index >= 15 is 0 Å². The Morgan fingerprint density at radius 3 is 2.59 bits per heavy atom. The Hall–Kier alpha value is -2.60. The lowest BCUT2D eigenvalue weighted by Gasteiger charge is -2.14. The van der Waals surface area contributed by atoms with E-state index in [0.29, 0.717) is 11.4 Å². The van der Waals surface area contributed by atoms with Gasteiger partial charge in [-0.2, -0.15) is 0 Å². The van der Waals surface area contributed by atoms with Gasteiger partial charge in [-0.05, 0) is 30.2 Å². The van der Waals surface area contributed by atoms with Crippen LogP contribution in [0.2, 0.25) is 0 Å². The number of rotatable bonds is 5. The highest BCUT2D eigenvalue weighted by atomic mass is 16.3. The van der Waals surface area contributed by atoms with Crippen LogP contribution in [-0.2, 0) is 16.0 Å². The Morgan fingerprint density at radius 1 is 1.18 bits per heavy atom. The molecule has 0 aliphatic carbocycles. The summed E-state index contributed by atoms with van der Waals surface area (Å²) in [5, 5.41) is 14.3. The number of amides is 2. The van der Waals surface area contributed by atoms with Gasteiger partial charge in [0, 0.05) is 5.69 Å². The lowest BCUT2D eigenvalue weighted by molar-refractivity contribution is -0.136. The largest absolute Gasteiger partial charge is 0.467 e. The van der Waals surface area contributed by atoms with Crippen molar-refractivity contribution >= 4 is 17.5 Å². The third-order valence-electron chi connectivity index (χ3n) is 3.23. The highest BCUT2D eigenvalue weighted by Gasteiger charge is 2.21. The van der Waals surface area contributed by atoms with Crippen molar-refractivity contribution in [1.82, 2.24) is 5.32 Å². The molecule has 0 radical (unpaired) electrons. The molecule has 3 N–H and O–H groups in total. The molecule has 1 heterocycles. The molecule has 0 saturated heterocycles. The van der Waals surface area contributed by atoms with Crippen LogP contribution in [0.4, 0.5) is 5.69 Å². The number of benzene rings is 1. The van der Waals surface area contributed by atoms with Crippen LogP contribution >= 0.6 is 0 Å². The Kier molecular flexibility index (Phi) is 5.32. The Balaban J connectivity index is 2.01. The molecule has 1 unspecified atom stereocenters. The summed E-state index contributed by atoms with van der Waals surface area (Å²) >= 11 is 0. The summed E-state index contributed by atoms with van der Waals surface area (Å²) in [6, 6.07) is 9.77. The van der Waals surface area contributed by atoms with Gasteiger partial charge in [0.05, 0.1) is 12.9 Å². The van der Waals surface area contributed by atoms with Gasteiger partial charge in [0.15, 0.2) is 0 Å². The van der Waals surface area contributed by atoms with Crippen molar-refractivity contribution in [2.45, 2.75) is 19.4 Å². The maximum Gasteiger partial charge on any atom is 0.313 e. The van der Waals surface area contributed by atoms with Gasteiger partial charge < -0.3 is 20.2 Å². The first kappa shape index (κ1) is 15.8. The van der Waals surface area contributed by atoms with Crippen molar-refractivity contribution in [2.24, 2.45) is 0 Å². The second-order valence-electron chi connectivity index (χ2n) is 4.69. The minimum Gasteiger partial charge on any atom is -0.467 e. The number of nitrogens with one attached hydrogen (secondary N) is 2. The summed E-state index contributed by atoms with van der Waals surface area (Å²) in [6.07, 6.45) is 2.17. The number of para-hydroxylation sites is 1. The monoisotopic (exact) mass is 302 g/mol. The van der Waals surface area contributed by atoms with Gasteiger partial charge in [-0.1, -0.05) is 25.1 Å². The van der Waals surface area contributed by atoms with E-state index in [4.69, 9.17) is 4.42 Å². The van der Waals surface area contributed by atoms with E-state index in [9.17, 15) is 14.7 Å². The molecule has 1 aromatic heterocycles. The standard InChI is InChI=1S/C16H18N2O4/c1-2-11-6-3-4-7-12(11)17-15(20)16(21)18-13(10-19)14-8-5-9-22-14/h3-9,13,19H,2,10H2,1H3,(H,17,20)(H,18,21). The predicted molar refractivity (Wildman–Crippen MR) is 81.1 cm³/mol. The molecule has 6 nitrogen and oxygen atoms in total. The molecular weight excluding hydrogens is 284 g/mol. The van der Waals surface area contributed by atoms with Crippen molar-refractivity contribution in [1.29, 1.82) is 0 Å². The van der Waals surface area contributed by atoms with Crippen molar-refractivity contribution in [3.05, 3.63) is 54.0 Å². The zero-order valence-corrected chi connectivity index (χ0v) is 12.2. The van der Waals surface area contributed by atoms with Crippen LogP contribution in [0.5, 0.6) is 0 Å². The molecule has 22 heavy (non-hydrogen) atoms. The first-order valence-corrected chi connectivity index (χ1v) is 6.99. The van der Waals surface area contributed by atoms with E-state index in [1.807, 2.05) is 19.1 Å². The highest BCUT2D eigenvalue weighted by Crippen LogP contribution is 2.16. The number of carbonyl (C=O) groups is 2. The molecule has 116 valence electrons. The minimum absolute atomic E-state index is 0.363. The predicted octanol–water partition coefficient (Wildman–Crippen LogP) is 1.63. The number of aryl methyl sites for hydroxylation is 1. The summed E-state index contributed by atoms with van der Waals surface area (Å²) in [4.78, 5) is 23.9. The molecule has 2 rings (SSSR count). The fourth-order valence-corrected chi connectivity index (χ4v) is 2.05. The van der Waals surface area contributed by atoms with Gasteiger partial charge in [-0.15, -0.1) is 0 Å². The van der Waals surface area contributed by atoms with Crippen LogP contribution in [0.25, 0.3) is 0 Å². The second kappa shape index (κ2) is 7.42. The van der Waals surface area contributed by atoms with Gasteiger partial charge in [-0.25, -0.2) is 0 Å². The molecule has 0 spiro atoms. The fraction of sp³-hybridized carbons (Fsp3) is 0.250. The number of hydrogen-bond donors (Lipinski definition) is 3. The average Bonchev–Trinajstić information content (AvgIpc) is 3.07. The van der Waals surface area contributed by atoms with E-state index in [-0.39, 0.29) is 6.61 Å². The summed E-state index contributed by atoms with van der Waals surface area (Å²) < 4.78 is 5.12. The van der Waals surface area contributed by atoms with E-state index < -0.39 is 17.9 Å². The van der Waals surface area contributed by atoms with Crippen LogP contribution in [0, 0.1) is 0 Å². The topological polar surface area (TPSA) is 91.6 Å². The minimum atomic E-state index is -0.832. The van der Waals surface area contributed by atoms with E-state index in [0.717, 1.165) is 12.0 Å². The van der Waals surface area contributed by atoms with Crippen molar-refractivity contribution < 1.29 is 19.1 Å². The van der Waals surface area contributed by atoms with Crippen LogP contribution in [0.3, 0.4) is 0 Å². The maximum atomic E-state index is 12.0. The van der Waals surface area contributed by atoms with Gasteiger partial charge in [0.1, 0.15) is 11.8 Å². The number of furan rings is 1. The molecule has 2 aromatic rings. The summed E-state index contributed by atoms with van der Waals surface area (Å²) in [5.74, 6) is -1.23. The summed E-state index contributed by atoms with van der Waals surface area (Å²) in [5.41, 5.74) is 1.54. The quantitative estimate of drug-likeness (QED) is 0.732. The molecule has 6 heteroatoms. The van der Waals surface area contributed by atoms with Crippen LogP contribution in [0.1, 0.15) is 24.3 Å². The fourth-order valence-electron chi connectivity index (χ4n) is 2.05. The molecule has 0 fully saturated rings. The summed E-state index contributed by atoms with van der Waals surface area (Å²) in [7, 11) is 0. The zero-order chi connectivity index (χ0) is 15.9. The third kappa shape index (κ3) is 3.73. The first-order valence-electron chi connectivity index (χ1n) is 6.99. The molecule has 0 aliphatic rings. The molecule has 1 atom stereocenters. The van der Waals surface area contributed by atoms with Gasteiger partial charge in [0.2, 0.25) is 0 Å². The Labute approximate surface area is 128 Å². The molecular formula is C16H18N2O4. The first-order chi connectivity index (χ1) is 10.7. The van der Waals surface area contributed by atoms with Crippen molar-refractivity contribution in [3.8, 4) is 0 Å². The Morgan fingerprint density at radius 2 is 1.95 bits per heavy atom. The van der Waals surface area contributed by atoms with E-state index in [2.05, 4.69) is 10.6 Å². The van der Waals surface area contributed by atoms with E-state index in [1.54, 1.807) is 24.3 Å². The lowest BCUT2D eigenvalue weighted by Crippen LogP contribution is -2.39. The number of carbonyl (C=O) groups excluding carboxylic acids is 2. The highest BCUT2D eigenvalue weighted by molar-refractivity contribution is 6.39. The maximum absolute atomic E-state index is 12.0. The molecule has 0 bridgehead atoms. The van der Waals surface area contributed by atoms with E-state index in [1.165, 1.54) is 6.26 Å². The van der Waals surface area contributed by atoms with Crippen LogP contribution < -0.4 is 10.6 Å². The number of aliphatic hydroxyl groups excluding tert-OH is 1. The van der Waals surface area contributed by atoms with Crippen LogP contribution in [0.15, 0.2) is 47.1 Å². The van der Waals surface area contributed by atoms with Crippen LogP contribution in [-0.4, -0.2) is 23.5 Å². The zero-order valence-electron chi connectivity index (χ0n) is 12.2. The Bertz CT molecular complexity index is 637. The van der Waals surface area contributed by atoms with Gasteiger partial charge >= 0.3 is 11.8 Å². The van der Waals surface area contributed by atoms with Crippen molar-refractivity contribution in [3.63, 3.8) is 0 Å². The average molecular weight is 302 g/mol. The normalized spacial score (nSPS) is 11.7. The lowest BCUT2D eigenvalue weighted by atomic mass is 10.1. The molecule has 0 aliphatic heterocycles. The molecule has 1 aromatic carbocycles. The summed E-state index contributed by atoms with van der Waals surface area (Å²) in [6.45, 7) is 1.60. The smallest absolute Gasteiger partial charge is 0.313 e. The van der Waals surface area contributed by atoms with Gasteiger partial charge in [0.25, 0.3) is 0 Å².